The molecule has 0 heterocycles. The van der Waals surface area contributed by atoms with Crippen LogP contribution >= 0.6 is 0 Å². The standard InChI is InChI=1S/C16H19NO2/c1-13-3-5-15(6-4-13)19-16-9-7-14(8-10-16)18-12-2-11-17/h3-10H,2,11-12,17H2,1H3. The van der Waals surface area contributed by atoms with Crippen molar-refractivity contribution in [1.29, 1.82) is 0 Å². The summed E-state index contributed by atoms with van der Waals surface area (Å²) in [4.78, 5) is 0. The lowest BCUT2D eigenvalue weighted by molar-refractivity contribution is 0.313. The molecule has 0 radical (unpaired) electrons. The van der Waals surface area contributed by atoms with Gasteiger partial charge in [-0.25, -0.2) is 0 Å². The van der Waals surface area contributed by atoms with Gasteiger partial charge in [0.2, 0.25) is 0 Å². The topological polar surface area (TPSA) is 44.5 Å². The van der Waals surface area contributed by atoms with Gasteiger partial charge < -0.3 is 15.2 Å². The average Bonchev–Trinajstić information content (AvgIpc) is 2.44. The highest BCUT2D eigenvalue weighted by molar-refractivity contribution is 5.36. The molecule has 2 aromatic rings. The van der Waals surface area contributed by atoms with Gasteiger partial charge in [-0.05, 0) is 56.3 Å². The number of rotatable bonds is 6. The van der Waals surface area contributed by atoms with Gasteiger partial charge in [-0.1, -0.05) is 17.7 Å². The largest absolute Gasteiger partial charge is 0.494 e. The minimum Gasteiger partial charge on any atom is -0.494 e. The van der Waals surface area contributed by atoms with Gasteiger partial charge in [0.25, 0.3) is 0 Å². The Kier molecular flexibility index (Phi) is 4.81. The van der Waals surface area contributed by atoms with Gasteiger partial charge in [-0.15, -0.1) is 0 Å². The first-order valence-corrected chi connectivity index (χ1v) is 6.45. The monoisotopic (exact) mass is 257 g/mol. The van der Waals surface area contributed by atoms with Crippen molar-refractivity contribution in [3.63, 3.8) is 0 Å². The zero-order valence-corrected chi connectivity index (χ0v) is 11.1. The van der Waals surface area contributed by atoms with E-state index >= 15 is 0 Å². The molecule has 0 atom stereocenters. The molecule has 0 aromatic heterocycles. The van der Waals surface area contributed by atoms with Crippen molar-refractivity contribution in [3.05, 3.63) is 54.1 Å². The van der Waals surface area contributed by atoms with E-state index in [4.69, 9.17) is 15.2 Å². The summed E-state index contributed by atoms with van der Waals surface area (Å²) in [6.07, 6.45) is 0.863. The molecule has 2 N–H and O–H groups in total. The Bertz CT molecular complexity index is 491. The fourth-order valence-electron chi connectivity index (χ4n) is 1.62. The third-order valence-corrected chi connectivity index (χ3v) is 2.70. The van der Waals surface area contributed by atoms with E-state index in [9.17, 15) is 0 Å². The van der Waals surface area contributed by atoms with Crippen LogP contribution in [0.1, 0.15) is 12.0 Å². The van der Waals surface area contributed by atoms with E-state index < -0.39 is 0 Å². The Labute approximate surface area is 114 Å². The second-order valence-corrected chi connectivity index (χ2v) is 4.38. The summed E-state index contributed by atoms with van der Waals surface area (Å²) in [6, 6.07) is 15.6. The van der Waals surface area contributed by atoms with Gasteiger partial charge in [0.15, 0.2) is 0 Å². The molecule has 0 unspecified atom stereocenters. The van der Waals surface area contributed by atoms with Crippen LogP contribution in [0.3, 0.4) is 0 Å². The smallest absolute Gasteiger partial charge is 0.127 e. The maximum atomic E-state index is 5.74. The highest BCUT2D eigenvalue weighted by Gasteiger charge is 1.98. The second-order valence-electron chi connectivity index (χ2n) is 4.38. The lowest BCUT2D eigenvalue weighted by Gasteiger charge is -2.08. The van der Waals surface area contributed by atoms with E-state index in [0.29, 0.717) is 13.2 Å². The van der Waals surface area contributed by atoms with Crippen LogP contribution in [0.4, 0.5) is 0 Å². The number of hydrogen-bond donors (Lipinski definition) is 1. The highest BCUT2D eigenvalue weighted by Crippen LogP contribution is 2.24. The lowest BCUT2D eigenvalue weighted by Crippen LogP contribution is -2.05. The predicted molar refractivity (Wildman–Crippen MR) is 76.9 cm³/mol. The number of hydrogen-bond acceptors (Lipinski definition) is 3. The second kappa shape index (κ2) is 6.81. The summed E-state index contributed by atoms with van der Waals surface area (Å²) < 4.78 is 11.3. The van der Waals surface area contributed by atoms with Gasteiger partial charge in [-0.2, -0.15) is 0 Å². The summed E-state index contributed by atoms with van der Waals surface area (Å²) in [6.45, 7) is 3.35. The SMILES string of the molecule is Cc1ccc(Oc2ccc(OCCCN)cc2)cc1. The summed E-state index contributed by atoms with van der Waals surface area (Å²) >= 11 is 0. The van der Waals surface area contributed by atoms with Crippen LogP contribution < -0.4 is 15.2 Å². The van der Waals surface area contributed by atoms with Gasteiger partial charge >= 0.3 is 0 Å². The minimum absolute atomic E-state index is 0.647. The van der Waals surface area contributed by atoms with Crippen LogP contribution in [-0.4, -0.2) is 13.2 Å². The van der Waals surface area contributed by atoms with E-state index in [1.165, 1.54) is 5.56 Å². The average molecular weight is 257 g/mol. The highest BCUT2D eigenvalue weighted by atomic mass is 16.5. The van der Waals surface area contributed by atoms with Crippen molar-refractivity contribution in [2.45, 2.75) is 13.3 Å². The molecular weight excluding hydrogens is 238 g/mol. The number of ether oxygens (including phenoxy) is 2. The van der Waals surface area contributed by atoms with Crippen LogP contribution in [0.5, 0.6) is 17.2 Å². The van der Waals surface area contributed by atoms with Crippen molar-refractivity contribution < 1.29 is 9.47 Å². The fourth-order valence-corrected chi connectivity index (χ4v) is 1.62. The molecule has 2 aromatic carbocycles. The minimum atomic E-state index is 0.647. The van der Waals surface area contributed by atoms with Crippen LogP contribution in [0.2, 0.25) is 0 Å². The number of aryl methyl sites for hydroxylation is 1. The molecule has 19 heavy (non-hydrogen) atoms. The Morgan fingerprint density at radius 1 is 0.842 bits per heavy atom. The number of nitrogens with two attached hydrogens (primary N) is 1. The molecule has 0 saturated heterocycles. The molecule has 0 bridgehead atoms. The summed E-state index contributed by atoms with van der Waals surface area (Å²) in [5.41, 5.74) is 6.63. The molecule has 0 amide bonds. The van der Waals surface area contributed by atoms with Crippen LogP contribution in [-0.2, 0) is 0 Å². The first-order valence-electron chi connectivity index (χ1n) is 6.45. The molecular formula is C16H19NO2. The zero-order valence-electron chi connectivity index (χ0n) is 11.1. The maximum Gasteiger partial charge on any atom is 0.127 e. The lowest BCUT2D eigenvalue weighted by atomic mass is 10.2. The van der Waals surface area contributed by atoms with Crippen molar-refractivity contribution in [2.75, 3.05) is 13.2 Å². The summed E-state index contributed by atoms with van der Waals surface area (Å²) in [5.74, 6) is 2.47. The van der Waals surface area contributed by atoms with Crippen LogP contribution in [0.15, 0.2) is 48.5 Å². The van der Waals surface area contributed by atoms with Crippen molar-refractivity contribution in [3.8, 4) is 17.2 Å². The van der Waals surface area contributed by atoms with Crippen LogP contribution in [0, 0.1) is 6.92 Å². The van der Waals surface area contributed by atoms with Crippen molar-refractivity contribution in [2.24, 2.45) is 5.73 Å². The fraction of sp³-hybridized carbons (Fsp3) is 0.250. The van der Waals surface area contributed by atoms with Gasteiger partial charge in [0.1, 0.15) is 17.2 Å². The molecule has 100 valence electrons. The molecule has 0 aliphatic carbocycles. The zero-order chi connectivity index (χ0) is 13.5. The van der Waals surface area contributed by atoms with E-state index in [0.717, 1.165) is 23.7 Å². The molecule has 3 heteroatoms. The first kappa shape index (κ1) is 13.4. The molecule has 0 fully saturated rings. The van der Waals surface area contributed by atoms with E-state index in [2.05, 4.69) is 6.92 Å². The summed E-state index contributed by atoms with van der Waals surface area (Å²) in [7, 11) is 0. The molecule has 0 spiro atoms. The molecule has 2 rings (SSSR count). The summed E-state index contributed by atoms with van der Waals surface area (Å²) in [5, 5.41) is 0. The van der Waals surface area contributed by atoms with Gasteiger partial charge in [-0.3, -0.25) is 0 Å². The number of benzene rings is 2. The Hall–Kier alpha value is -2.00. The predicted octanol–water partition coefficient (Wildman–Crippen LogP) is 3.51. The van der Waals surface area contributed by atoms with E-state index in [1.807, 2.05) is 48.5 Å². The maximum absolute atomic E-state index is 5.74. The van der Waals surface area contributed by atoms with E-state index in [-0.39, 0.29) is 0 Å². The Morgan fingerprint density at radius 3 is 1.95 bits per heavy atom. The van der Waals surface area contributed by atoms with Gasteiger partial charge in [0.05, 0.1) is 6.61 Å². The van der Waals surface area contributed by atoms with Crippen LogP contribution in [0.25, 0.3) is 0 Å². The quantitative estimate of drug-likeness (QED) is 0.805. The normalized spacial score (nSPS) is 10.2. The third kappa shape index (κ3) is 4.30. The van der Waals surface area contributed by atoms with Crippen molar-refractivity contribution >= 4 is 0 Å². The van der Waals surface area contributed by atoms with Gasteiger partial charge in [0, 0.05) is 0 Å². The molecule has 0 aliphatic rings. The third-order valence-electron chi connectivity index (χ3n) is 2.70. The molecule has 3 nitrogen and oxygen atoms in total. The van der Waals surface area contributed by atoms with Crippen molar-refractivity contribution in [1.82, 2.24) is 0 Å². The van der Waals surface area contributed by atoms with E-state index in [1.54, 1.807) is 0 Å². The molecule has 0 aliphatic heterocycles. The Balaban J connectivity index is 1.92. The molecule has 0 saturated carbocycles. The Morgan fingerprint density at radius 2 is 1.37 bits per heavy atom. The first-order chi connectivity index (χ1) is 9.28.